The summed E-state index contributed by atoms with van der Waals surface area (Å²) in [7, 11) is 1.43. The monoisotopic (exact) mass is 753 g/mol. The molecule has 0 saturated carbocycles. The molecule has 0 fully saturated rings. The zero-order chi connectivity index (χ0) is 33.2. The molecule has 1 aliphatic heterocycles. The SMILES string of the molecule is CCOC(=O)C1=C(C)NC(=O)N[C@@H]1c1ccc(OCC(=O)N/N=C/c2cc(Br)c(OCc3ccc(C#N)cc3)c(Br)c2)c(OC)c1. The Morgan fingerprint density at radius 2 is 1.78 bits per heavy atom. The molecule has 3 aromatic rings. The summed E-state index contributed by atoms with van der Waals surface area (Å²) in [6, 6.07) is 16.4. The second kappa shape index (κ2) is 15.9. The Bertz CT molecular complexity index is 1710. The van der Waals surface area contributed by atoms with E-state index in [-0.39, 0.29) is 24.5 Å². The van der Waals surface area contributed by atoms with E-state index in [9.17, 15) is 14.4 Å². The average Bonchev–Trinajstić information content (AvgIpc) is 3.03. The summed E-state index contributed by atoms with van der Waals surface area (Å²) >= 11 is 7.01. The summed E-state index contributed by atoms with van der Waals surface area (Å²) in [6.45, 7) is 3.44. The van der Waals surface area contributed by atoms with Gasteiger partial charge >= 0.3 is 12.0 Å². The van der Waals surface area contributed by atoms with Crippen LogP contribution in [0.4, 0.5) is 4.79 Å². The minimum atomic E-state index is -0.781. The van der Waals surface area contributed by atoms with Crippen molar-refractivity contribution in [3.8, 4) is 23.3 Å². The molecular formula is C32H29Br2N5O7. The standard InChI is InChI=1S/C32H29Br2N5O7/c1-4-44-31(41)28-18(2)37-32(42)38-29(28)22-9-10-25(26(13-22)43-3)45-17-27(40)39-36-15-21-11-23(33)30(24(34)12-21)46-16-20-7-5-19(14-35)6-8-20/h5-13,15,29H,4,16-17H2,1-3H3,(H,39,40)(H2,37,38,42)/b36-15+/t29-/m1/s1. The molecule has 0 unspecified atom stereocenters. The van der Waals surface area contributed by atoms with Crippen LogP contribution >= 0.6 is 31.9 Å². The van der Waals surface area contributed by atoms with Crippen LogP contribution in [-0.4, -0.2) is 44.4 Å². The van der Waals surface area contributed by atoms with Gasteiger partial charge < -0.3 is 29.6 Å². The highest BCUT2D eigenvalue weighted by molar-refractivity contribution is 9.11. The van der Waals surface area contributed by atoms with Crippen molar-refractivity contribution in [3.63, 3.8) is 0 Å². The van der Waals surface area contributed by atoms with Crippen LogP contribution < -0.4 is 30.3 Å². The van der Waals surface area contributed by atoms with E-state index in [0.29, 0.717) is 49.4 Å². The summed E-state index contributed by atoms with van der Waals surface area (Å²) in [6.07, 6.45) is 1.47. The molecule has 1 heterocycles. The van der Waals surface area contributed by atoms with Crippen LogP contribution in [0.1, 0.15) is 42.1 Å². The van der Waals surface area contributed by atoms with Gasteiger partial charge in [-0.15, -0.1) is 0 Å². The highest BCUT2D eigenvalue weighted by Crippen LogP contribution is 2.36. The Labute approximate surface area is 282 Å². The summed E-state index contributed by atoms with van der Waals surface area (Å²) in [5, 5.41) is 18.3. The molecule has 0 saturated heterocycles. The van der Waals surface area contributed by atoms with Gasteiger partial charge in [0.1, 0.15) is 12.4 Å². The number of allylic oxidation sites excluding steroid dienone is 1. The number of benzene rings is 3. The van der Waals surface area contributed by atoms with Crippen LogP contribution in [0.5, 0.6) is 17.2 Å². The number of hydrogen-bond donors (Lipinski definition) is 3. The number of halogens is 2. The van der Waals surface area contributed by atoms with Gasteiger partial charge in [-0.1, -0.05) is 18.2 Å². The molecule has 238 valence electrons. The highest BCUT2D eigenvalue weighted by Gasteiger charge is 2.32. The molecule has 1 atom stereocenters. The van der Waals surface area contributed by atoms with E-state index >= 15 is 0 Å². The fourth-order valence-electron chi connectivity index (χ4n) is 4.38. The molecule has 14 heteroatoms. The number of esters is 1. The zero-order valence-corrected chi connectivity index (χ0v) is 28.2. The van der Waals surface area contributed by atoms with Gasteiger partial charge in [-0.25, -0.2) is 15.0 Å². The van der Waals surface area contributed by atoms with Gasteiger partial charge in [0.25, 0.3) is 5.91 Å². The largest absolute Gasteiger partial charge is 0.493 e. The number of nitriles is 1. The fourth-order valence-corrected chi connectivity index (χ4v) is 5.83. The minimum absolute atomic E-state index is 0.177. The second-order valence-electron chi connectivity index (χ2n) is 9.69. The van der Waals surface area contributed by atoms with E-state index in [4.69, 9.17) is 24.2 Å². The van der Waals surface area contributed by atoms with E-state index in [0.717, 1.165) is 5.56 Å². The number of urea groups is 1. The fraction of sp³-hybridized carbons (Fsp3) is 0.219. The summed E-state index contributed by atoms with van der Waals surface area (Å²) < 4.78 is 23.6. The molecule has 0 bridgehead atoms. The van der Waals surface area contributed by atoms with Crippen molar-refractivity contribution in [2.75, 3.05) is 20.3 Å². The van der Waals surface area contributed by atoms with Crippen molar-refractivity contribution in [3.05, 3.63) is 97.1 Å². The van der Waals surface area contributed by atoms with Gasteiger partial charge in [0.15, 0.2) is 18.1 Å². The molecular weight excluding hydrogens is 726 g/mol. The first-order valence-electron chi connectivity index (χ1n) is 13.8. The van der Waals surface area contributed by atoms with Gasteiger partial charge in [-0.05, 0) is 98.8 Å². The van der Waals surface area contributed by atoms with Crippen LogP contribution in [0.15, 0.2) is 79.9 Å². The Hall–Kier alpha value is -4.87. The third kappa shape index (κ3) is 8.64. The van der Waals surface area contributed by atoms with Crippen LogP contribution in [0.2, 0.25) is 0 Å². The lowest BCUT2D eigenvalue weighted by Gasteiger charge is -2.28. The number of hydrazone groups is 1. The number of ether oxygens (including phenoxy) is 4. The number of nitrogens with zero attached hydrogens (tertiary/aromatic N) is 2. The van der Waals surface area contributed by atoms with Crippen LogP contribution in [0.3, 0.4) is 0 Å². The zero-order valence-electron chi connectivity index (χ0n) is 25.0. The predicted octanol–water partition coefficient (Wildman–Crippen LogP) is 5.39. The Balaban J connectivity index is 1.35. The first kappa shape index (κ1) is 34.0. The van der Waals surface area contributed by atoms with Crippen molar-refractivity contribution >= 4 is 56.0 Å². The van der Waals surface area contributed by atoms with Crippen LogP contribution in [0, 0.1) is 11.3 Å². The van der Waals surface area contributed by atoms with Gasteiger partial charge in [0.05, 0.1) is 52.1 Å². The smallest absolute Gasteiger partial charge is 0.338 e. The average molecular weight is 755 g/mol. The third-order valence-electron chi connectivity index (χ3n) is 6.53. The summed E-state index contributed by atoms with van der Waals surface area (Å²) in [4.78, 5) is 37.2. The van der Waals surface area contributed by atoms with E-state index in [2.05, 4.69) is 59.1 Å². The molecule has 46 heavy (non-hydrogen) atoms. The number of rotatable bonds is 12. The van der Waals surface area contributed by atoms with Gasteiger partial charge in [0.2, 0.25) is 0 Å². The number of nitrogens with one attached hydrogen (secondary N) is 3. The van der Waals surface area contributed by atoms with Crippen molar-refractivity contribution in [2.24, 2.45) is 5.10 Å². The number of carbonyl (C=O) groups excluding carboxylic acids is 3. The predicted molar refractivity (Wildman–Crippen MR) is 175 cm³/mol. The number of amides is 3. The number of carbonyl (C=O) groups is 3. The lowest BCUT2D eigenvalue weighted by Crippen LogP contribution is -2.45. The maximum atomic E-state index is 12.6. The lowest BCUT2D eigenvalue weighted by atomic mass is 9.95. The molecule has 3 aromatic carbocycles. The van der Waals surface area contributed by atoms with Crippen molar-refractivity contribution in [2.45, 2.75) is 26.5 Å². The van der Waals surface area contributed by atoms with Crippen LogP contribution in [0.25, 0.3) is 0 Å². The topological polar surface area (TPSA) is 160 Å². The van der Waals surface area contributed by atoms with Gasteiger partial charge in [-0.3, -0.25) is 4.79 Å². The molecule has 3 N–H and O–H groups in total. The summed E-state index contributed by atoms with van der Waals surface area (Å²) in [5.41, 5.74) is 5.78. The molecule has 4 rings (SSSR count). The highest BCUT2D eigenvalue weighted by atomic mass is 79.9. The van der Waals surface area contributed by atoms with Crippen LogP contribution in [-0.2, 0) is 20.9 Å². The Morgan fingerprint density at radius 1 is 1.07 bits per heavy atom. The van der Waals surface area contributed by atoms with Gasteiger partial charge in [0, 0.05) is 5.70 Å². The van der Waals surface area contributed by atoms with E-state index in [1.165, 1.54) is 13.3 Å². The number of hydrogen-bond acceptors (Lipinski definition) is 9. The quantitative estimate of drug-likeness (QED) is 0.126. The first-order chi connectivity index (χ1) is 22.1. The molecule has 0 aliphatic carbocycles. The lowest BCUT2D eigenvalue weighted by molar-refractivity contribution is -0.139. The van der Waals surface area contributed by atoms with Gasteiger partial charge in [-0.2, -0.15) is 10.4 Å². The third-order valence-corrected chi connectivity index (χ3v) is 7.71. The maximum absolute atomic E-state index is 12.6. The minimum Gasteiger partial charge on any atom is -0.493 e. The molecule has 0 spiro atoms. The van der Waals surface area contributed by atoms with E-state index in [1.807, 2.05) is 12.1 Å². The maximum Gasteiger partial charge on any atom is 0.338 e. The van der Waals surface area contributed by atoms with E-state index in [1.54, 1.807) is 56.3 Å². The Morgan fingerprint density at radius 3 is 2.43 bits per heavy atom. The van der Waals surface area contributed by atoms with Crippen molar-refractivity contribution in [1.29, 1.82) is 5.26 Å². The van der Waals surface area contributed by atoms with E-state index < -0.39 is 23.9 Å². The molecule has 0 radical (unpaired) electrons. The summed E-state index contributed by atoms with van der Waals surface area (Å²) in [5.74, 6) is 0.0752. The van der Waals surface area contributed by atoms with Crippen molar-refractivity contribution < 1.29 is 33.3 Å². The van der Waals surface area contributed by atoms with Crippen molar-refractivity contribution in [1.82, 2.24) is 16.1 Å². The Kier molecular flexibility index (Phi) is 11.8. The molecule has 1 aliphatic rings. The normalized spacial score (nSPS) is 14.2. The number of methoxy groups -OCH3 is 1. The second-order valence-corrected chi connectivity index (χ2v) is 11.4. The molecule has 0 aromatic heterocycles. The first-order valence-corrected chi connectivity index (χ1v) is 15.4. The molecule has 3 amide bonds. The molecule has 12 nitrogen and oxygen atoms in total.